The third kappa shape index (κ3) is 6.50. The predicted octanol–water partition coefficient (Wildman–Crippen LogP) is 6.04. The quantitative estimate of drug-likeness (QED) is 0.174. The Labute approximate surface area is 241 Å². The summed E-state index contributed by atoms with van der Waals surface area (Å²) in [5.74, 6) is -0.510. The van der Waals surface area contributed by atoms with Gasteiger partial charge in [-0.1, -0.05) is 79.5 Å². The fourth-order valence-electron chi connectivity index (χ4n) is 3.97. The van der Waals surface area contributed by atoms with Crippen LogP contribution >= 0.6 is 23.2 Å². The summed E-state index contributed by atoms with van der Waals surface area (Å²) in [4.78, 5) is 23.5. The van der Waals surface area contributed by atoms with Crippen LogP contribution in [0.2, 0.25) is 10.0 Å². The van der Waals surface area contributed by atoms with E-state index in [2.05, 4.69) is 10.4 Å². The van der Waals surface area contributed by atoms with Crippen molar-refractivity contribution >= 4 is 50.6 Å². The van der Waals surface area contributed by atoms with Crippen molar-refractivity contribution < 1.29 is 18.1 Å². The van der Waals surface area contributed by atoms with Crippen LogP contribution in [-0.2, 0) is 14.8 Å². The lowest BCUT2D eigenvalue weighted by atomic mass is 10.1. The van der Waals surface area contributed by atoms with E-state index in [9.17, 15) is 23.3 Å². The fourth-order valence-corrected chi connectivity index (χ4v) is 5.95. The highest BCUT2D eigenvalue weighted by Crippen LogP contribution is 2.30. The molecular weight excluding hydrogens is 577 g/mol. The van der Waals surface area contributed by atoms with Crippen LogP contribution in [0.25, 0.3) is 16.9 Å². The summed E-state index contributed by atoms with van der Waals surface area (Å²) in [6.07, 6.45) is 0. The molecule has 0 bridgehead atoms. The van der Waals surface area contributed by atoms with Crippen LogP contribution in [-0.4, -0.2) is 46.4 Å². The van der Waals surface area contributed by atoms with Crippen LogP contribution in [0, 0.1) is 16.0 Å². The Hall–Kier alpha value is -3.77. The number of amides is 1. The molecule has 1 aromatic heterocycles. The molecule has 0 saturated carbocycles. The van der Waals surface area contributed by atoms with E-state index in [0.29, 0.717) is 16.4 Å². The minimum absolute atomic E-state index is 0.00871. The summed E-state index contributed by atoms with van der Waals surface area (Å²) in [6, 6.07) is 21.2. The minimum atomic E-state index is -4.30. The molecule has 10 nitrogen and oxygen atoms in total. The van der Waals surface area contributed by atoms with Crippen LogP contribution < -0.4 is 5.32 Å². The number of carbonyl (C=O) groups excluding carboxylic acids is 1. The first kappa shape index (κ1) is 29.2. The molecule has 0 saturated heterocycles. The average Bonchev–Trinajstić information content (AvgIpc) is 3.32. The van der Waals surface area contributed by atoms with Crippen LogP contribution in [0.15, 0.2) is 83.8 Å². The zero-order chi connectivity index (χ0) is 29.0. The van der Waals surface area contributed by atoms with Gasteiger partial charge in [0, 0.05) is 24.2 Å². The molecule has 0 aliphatic heterocycles. The van der Waals surface area contributed by atoms with E-state index in [1.807, 2.05) is 30.3 Å². The smallest absolute Gasteiger partial charge is 0.289 e. The van der Waals surface area contributed by atoms with Crippen LogP contribution in [0.3, 0.4) is 0 Å². The van der Waals surface area contributed by atoms with Crippen molar-refractivity contribution in [3.63, 3.8) is 0 Å². The van der Waals surface area contributed by atoms with Gasteiger partial charge in [0.1, 0.15) is 10.8 Å². The molecule has 4 aromatic rings. The van der Waals surface area contributed by atoms with Crippen molar-refractivity contribution in [1.82, 2.24) is 14.1 Å². The zero-order valence-electron chi connectivity index (χ0n) is 21.5. The highest BCUT2D eigenvalue weighted by atomic mass is 35.5. The lowest BCUT2D eigenvalue weighted by molar-refractivity contribution is -0.384. The first-order chi connectivity index (χ1) is 19.0. The molecule has 4 rings (SSSR count). The molecule has 208 valence electrons. The number of nitro groups is 1. The van der Waals surface area contributed by atoms with Crippen LogP contribution in [0.4, 0.5) is 11.5 Å². The maximum atomic E-state index is 13.5. The molecule has 0 aliphatic rings. The molecule has 0 atom stereocenters. The van der Waals surface area contributed by atoms with Gasteiger partial charge in [-0.3, -0.25) is 14.9 Å². The molecule has 0 aliphatic carbocycles. The van der Waals surface area contributed by atoms with Gasteiger partial charge in [-0.2, -0.15) is 9.40 Å². The van der Waals surface area contributed by atoms with Crippen molar-refractivity contribution in [3.05, 3.63) is 99.0 Å². The summed E-state index contributed by atoms with van der Waals surface area (Å²) in [6.45, 7) is 3.03. The molecule has 1 amide bonds. The van der Waals surface area contributed by atoms with Crippen molar-refractivity contribution in [2.24, 2.45) is 5.92 Å². The van der Waals surface area contributed by atoms with Crippen molar-refractivity contribution in [2.45, 2.75) is 18.7 Å². The van der Waals surface area contributed by atoms with Crippen molar-refractivity contribution in [1.29, 1.82) is 0 Å². The third-order valence-corrected chi connectivity index (χ3v) is 8.21. The number of hydrogen-bond acceptors (Lipinski definition) is 6. The number of halogens is 2. The summed E-state index contributed by atoms with van der Waals surface area (Å²) in [5.41, 5.74) is 1.34. The second-order valence-corrected chi connectivity index (χ2v) is 12.0. The van der Waals surface area contributed by atoms with E-state index in [-0.39, 0.29) is 28.2 Å². The van der Waals surface area contributed by atoms with E-state index in [1.165, 1.54) is 10.7 Å². The number of carbonyl (C=O) groups is 1. The number of anilines is 1. The number of para-hydroxylation sites is 1. The van der Waals surface area contributed by atoms with Gasteiger partial charge < -0.3 is 5.32 Å². The van der Waals surface area contributed by atoms with Crippen molar-refractivity contribution in [3.8, 4) is 16.9 Å². The van der Waals surface area contributed by atoms with E-state index >= 15 is 0 Å². The zero-order valence-corrected chi connectivity index (χ0v) is 23.8. The van der Waals surface area contributed by atoms with Gasteiger partial charge in [0.15, 0.2) is 0 Å². The molecule has 0 spiro atoms. The molecular formula is C27H25Cl2N5O5S. The van der Waals surface area contributed by atoms with Gasteiger partial charge in [0.05, 0.1) is 32.8 Å². The molecule has 1 N–H and O–H groups in total. The maximum Gasteiger partial charge on any atom is 0.289 e. The van der Waals surface area contributed by atoms with Crippen LogP contribution in [0.1, 0.15) is 13.8 Å². The second kappa shape index (κ2) is 12.2. The summed E-state index contributed by atoms with van der Waals surface area (Å²) < 4.78 is 29.5. The molecule has 0 unspecified atom stereocenters. The predicted molar refractivity (Wildman–Crippen MR) is 154 cm³/mol. The van der Waals surface area contributed by atoms with Gasteiger partial charge in [-0.05, 0) is 30.2 Å². The summed E-state index contributed by atoms with van der Waals surface area (Å²) in [5, 5.41) is 18.9. The lowest BCUT2D eigenvalue weighted by Crippen LogP contribution is -2.40. The van der Waals surface area contributed by atoms with E-state index < -0.39 is 33.1 Å². The van der Waals surface area contributed by atoms with Crippen LogP contribution in [0.5, 0.6) is 0 Å². The number of nitro benzene ring substituents is 1. The van der Waals surface area contributed by atoms with Crippen molar-refractivity contribution in [2.75, 3.05) is 18.4 Å². The Morgan fingerprint density at radius 2 is 1.70 bits per heavy atom. The first-order valence-corrected chi connectivity index (χ1v) is 14.3. The highest BCUT2D eigenvalue weighted by molar-refractivity contribution is 7.89. The Morgan fingerprint density at radius 3 is 2.35 bits per heavy atom. The SMILES string of the molecule is CC(C)CN(CC(=O)Nc1cc(-c2ccccc2)nn1-c1ccccc1Cl)S(=O)(=O)c1ccc(Cl)c([N+](=O)[O-])c1. The Bertz CT molecular complexity index is 1660. The van der Waals surface area contributed by atoms with Gasteiger partial charge in [0.25, 0.3) is 5.69 Å². The fraction of sp³-hybridized carbons (Fsp3) is 0.185. The topological polar surface area (TPSA) is 127 Å². The number of aromatic nitrogens is 2. The molecule has 13 heteroatoms. The molecule has 40 heavy (non-hydrogen) atoms. The average molecular weight is 603 g/mol. The number of rotatable bonds is 10. The second-order valence-electron chi connectivity index (χ2n) is 9.25. The highest BCUT2D eigenvalue weighted by Gasteiger charge is 2.30. The molecule has 3 aromatic carbocycles. The van der Waals surface area contributed by atoms with Gasteiger partial charge in [0.2, 0.25) is 15.9 Å². The molecule has 1 heterocycles. The molecule has 0 fully saturated rings. The minimum Gasteiger partial charge on any atom is -0.309 e. The monoisotopic (exact) mass is 601 g/mol. The normalized spacial score (nSPS) is 11.7. The lowest BCUT2D eigenvalue weighted by Gasteiger charge is -2.23. The Morgan fingerprint density at radius 1 is 1.02 bits per heavy atom. The Balaban J connectivity index is 1.68. The summed E-state index contributed by atoms with van der Waals surface area (Å²) in [7, 11) is -4.30. The third-order valence-electron chi connectivity index (χ3n) is 5.77. The number of nitrogens with one attached hydrogen (secondary N) is 1. The van der Waals surface area contributed by atoms with Gasteiger partial charge >= 0.3 is 0 Å². The van der Waals surface area contributed by atoms with E-state index in [4.69, 9.17) is 23.2 Å². The number of benzene rings is 3. The number of hydrogen-bond donors (Lipinski definition) is 1. The maximum absolute atomic E-state index is 13.5. The van der Waals surface area contributed by atoms with E-state index in [0.717, 1.165) is 22.0 Å². The standard InChI is InChI=1S/C27H25Cl2N5O5S/c1-18(2)16-32(40(38,39)20-12-13-22(29)25(14-20)34(36)37)17-27(35)30-26-15-23(19-8-4-3-5-9-19)31-33(26)24-11-7-6-10-21(24)28/h3-15,18H,16-17H2,1-2H3,(H,30,35). The summed E-state index contributed by atoms with van der Waals surface area (Å²) >= 11 is 12.3. The Kier molecular flexibility index (Phi) is 8.89. The first-order valence-electron chi connectivity index (χ1n) is 12.1. The molecule has 0 radical (unpaired) electrons. The van der Waals surface area contributed by atoms with E-state index in [1.54, 1.807) is 44.2 Å². The van der Waals surface area contributed by atoms with Gasteiger partial charge in [-0.15, -0.1) is 0 Å². The number of sulfonamides is 1. The number of nitrogens with zero attached hydrogens (tertiary/aromatic N) is 4. The van der Waals surface area contributed by atoms with Gasteiger partial charge in [-0.25, -0.2) is 13.1 Å². The largest absolute Gasteiger partial charge is 0.309 e.